The van der Waals surface area contributed by atoms with Gasteiger partial charge in [0.1, 0.15) is 11.4 Å². The highest BCUT2D eigenvalue weighted by Crippen LogP contribution is 2.26. The molecule has 0 aliphatic carbocycles. The van der Waals surface area contributed by atoms with Gasteiger partial charge in [-0.3, -0.25) is 19.9 Å². The average molecular weight is 420 g/mol. The highest BCUT2D eigenvalue weighted by atomic mass is 16.5. The molecule has 1 aliphatic heterocycles. The SMILES string of the molecule is C=N/C(=C\N(N)c1ccc(C(=O)N2CCOCC2)cc1)c1n[nH]c2ccc(CO)cc12. The van der Waals surface area contributed by atoms with Crippen LogP contribution in [0.3, 0.4) is 0 Å². The van der Waals surface area contributed by atoms with Crippen molar-refractivity contribution in [2.45, 2.75) is 6.61 Å². The number of carbonyl (C=O) groups excluding carboxylic acids is 1. The predicted molar refractivity (Wildman–Crippen MR) is 119 cm³/mol. The molecule has 0 bridgehead atoms. The van der Waals surface area contributed by atoms with Gasteiger partial charge in [-0.05, 0) is 48.7 Å². The van der Waals surface area contributed by atoms with Crippen molar-refractivity contribution in [3.05, 3.63) is 65.5 Å². The number of nitrogens with one attached hydrogen (secondary N) is 1. The van der Waals surface area contributed by atoms with Crippen LogP contribution in [0.4, 0.5) is 5.69 Å². The Bertz CT molecular complexity index is 1120. The molecule has 1 saturated heterocycles. The number of carbonyl (C=O) groups is 1. The van der Waals surface area contributed by atoms with Crippen LogP contribution >= 0.6 is 0 Å². The maximum atomic E-state index is 12.6. The topological polar surface area (TPSA) is 120 Å². The van der Waals surface area contributed by atoms with Crippen molar-refractivity contribution in [3.8, 4) is 0 Å². The van der Waals surface area contributed by atoms with E-state index in [1.54, 1.807) is 35.4 Å². The first kappa shape index (κ1) is 20.7. The number of benzene rings is 2. The number of hydrogen-bond donors (Lipinski definition) is 3. The lowest BCUT2D eigenvalue weighted by molar-refractivity contribution is 0.0303. The van der Waals surface area contributed by atoms with Crippen molar-refractivity contribution in [1.82, 2.24) is 15.1 Å². The number of aromatic amines is 1. The zero-order valence-electron chi connectivity index (χ0n) is 17.0. The summed E-state index contributed by atoms with van der Waals surface area (Å²) < 4.78 is 5.30. The molecule has 2 heterocycles. The van der Waals surface area contributed by atoms with Gasteiger partial charge in [0.15, 0.2) is 0 Å². The molecular weight excluding hydrogens is 396 g/mol. The summed E-state index contributed by atoms with van der Waals surface area (Å²) in [6.45, 7) is 5.87. The number of hydrazine groups is 1. The number of aliphatic imine (C=N–C) groups is 1. The number of rotatable bonds is 6. The number of nitrogens with zero attached hydrogens (tertiary/aromatic N) is 4. The molecule has 0 radical (unpaired) electrons. The average Bonchev–Trinajstić information content (AvgIpc) is 3.25. The third kappa shape index (κ3) is 4.33. The molecule has 9 heteroatoms. The van der Waals surface area contributed by atoms with Crippen LogP contribution in [-0.4, -0.2) is 59.1 Å². The second-order valence-electron chi connectivity index (χ2n) is 7.14. The zero-order valence-corrected chi connectivity index (χ0v) is 17.0. The minimum Gasteiger partial charge on any atom is -0.392 e. The molecule has 1 amide bonds. The maximum absolute atomic E-state index is 12.6. The number of aliphatic hydroxyl groups excluding tert-OH is 1. The van der Waals surface area contributed by atoms with Crippen molar-refractivity contribution >= 4 is 34.9 Å². The van der Waals surface area contributed by atoms with E-state index in [1.165, 1.54) is 5.01 Å². The first-order chi connectivity index (χ1) is 15.1. The van der Waals surface area contributed by atoms with E-state index in [0.29, 0.717) is 48.9 Å². The summed E-state index contributed by atoms with van der Waals surface area (Å²) in [6, 6.07) is 12.6. The molecule has 4 N–H and O–H groups in total. The van der Waals surface area contributed by atoms with E-state index in [4.69, 9.17) is 10.6 Å². The van der Waals surface area contributed by atoms with Crippen molar-refractivity contribution in [1.29, 1.82) is 0 Å². The van der Waals surface area contributed by atoms with Crippen LogP contribution in [-0.2, 0) is 11.3 Å². The van der Waals surface area contributed by atoms with Gasteiger partial charge in [0, 0.05) is 30.2 Å². The molecular formula is C22H24N6O3. The Morgan fingerprint density at radius 1 is 1.29 bits per heavy atom. The fraction of sp³-hybridized carbons (Fsp3) is 0.227. The zero-order chi connectivity index (χ0) is 21.8. The molecule has 9 nitrogen and oxygen atoms in total. The molecule has 1 aromatic heterocycles. The van der Waals surface area contributed by atoms with Crippen molar-refractivity contribution < 1.29 is 14.6 Å². The largest absolute Gasteiger partial charge is 0.392 e. The van der Waals surface area contributed by atoms with Crippen LogP contribution < -0.4 is 10.9 Å². The van der Waals surface area contributed by atoms with Gasteiger partial charge in [0.2, 0.25) is 0 Å². The van der Waals surface area contributed by atoms with Crippen LogP contribution in [0.5, 0.6) is 0 Å². The molecule has 1 fully saturated rings. The number of morpholine rings is 1. The van der Waals surface area contributed by atoms with E-state index >= 15 is 0 Å². The lowest BCUT2D eigenvalue weighted by atomic mass is 10.1. The standard InChI is InChI=1S/C22H24N6O3/c1-24-20(21-18-12-15(14-29)2-7-19(18)25-26-21)13-28(23)17-5-3-16(4-6-17)22(30)27-8-10-31-11-9-27/h2-7,12-13,29H,1,8-11,14,23H2,(H,25,26)/b20-13-. The first-order valence-electron chi connectivity index (χ1n) is 9.88. The number of aromatic nitrogens is 2. The van der Waals surface area contributed by atoms with Gasteiger partial charge in [-0.15, -0.1) is 0 Å². The van der Waals surface area contributed by atoms with E-state index in [2.05, 4.69) is 21.9 Å². The molecule has 1 aliphatic rings. The molecule has 0 atom stereocenters. The third-order valence-electron chi connectivity index (χ3n) is 5.19. The van der Waals surface area contributed by atoms with Crippen LogP contribution in [0.1, 0.15) is 21.6 Å². The third-order valence-corrected chi connectivity index (χ3v) is 5.19. The Kier molecular flexibility index (Phi) is 6.08. The fourth-order valence-electron chi connectivity index (χ4n) is 3.46. The van der Waals surface area contributed by atoms with E-state index in [-0.39, 0.29) is 12.5 Å². The number of nitrogens with two attached hydrogens (primary N) is 1. The maximum Gasteiger partial charge on any atom is 0.254 e. The number of fused-ring (bicyclic) bond motifs is 1. The monoisotopic (exact) mass is 420 g/mol. The van der Waals surface area contributed by atoms with Gasteiger partial charge in [-0.2, -0.15) is 5.10 Å². The number of amides is 1. The predicted octanol–water partition coefficient (Wildman–Crippen LogP) is 1.91. The van der Waals surface area contributed by atoms with Crippen LogP contribution in [0.2, 0.25) is 0 Å². The molecule has 160 valence electrons. The Labute approximate surface area is 179 Å². The Hall–Kier alpha value is -3.53. The molecule has 2 aromatic carbocycles. The van der Waals surface area contributed by atoms with Crippen molar-refractivity contribution in [2.24, 2.45) is 10.8 Å². The summed E-state index contributed by atoms with van der Waals surface area (Å²) in [6.07, 6.45) is 1.62. The van der Waals surface area contributed by atoms with Crippen LogP contribution in [0.15, 0.2) is 53.7 Å². The molecule has 0 unspecified atom stereocenters. The number of hydrogen-bond acceptors (Lipinski definition) is 7. The molecule has 0 saturated carbocycles. The van der Waals surface area contributed by atoms with E-state index < -0.39 is 0 Å². The van der Waals surface area contributed by atoms with Gasteiger partial charge in [0.05, 0.1) is 31.0 Å². The molecule has 31 heavy (non-hydrogen) atoms. The van der Waals surface area contributed by atoms with Crippen LogP contribution in [0, 0.1) is 0 Å². The van der Waals surface area contributed by atoms with Crippen molar-refractivity contribution in [2.75, 3.05) is 31.3 Å². The Balaban J connectivity index is 1.56. The normalized spacial score (nSPS) is 14.6. The number of aliphatic hydroxyl groups is 1. The summed E-state index contributed by atoms with van der Waals surface area (Å²) in [5, 5.41) is 18.9. The molecule has 0 spiro atoms. The quantitative estimate of drug-likeness (QED) is 0.318. The Morgan fingerprint density at radius 2 is 2.03 bits per heavy atom. The van der Waals surface area contributed by atoms with E-state index in [9.17, 15) is 9.90 Å². The minimum atomic E-state index is -0.0698. The smallest absolute Gasteiger partial charge is 0.254 e. The fourth-order valence-corrected chi connectivity index (χ4v) is 3.46. The molecule has 3 aromatic rings. The Morgan fingerprint density at radius 3 is 2.71 bits per heavy atom. The van der Waals surface area contributed by atoms with Gasteiger partial charge in [-0.25, -0.2) is 5.84 Å². The number of H-pyrrole nitrogens is 1. The van der Waals surface area contributed by atoms with Gasteiger partial charge < -0.3 is 14.7 Å². The van der Waals surface area contributed by atoms with Gasteiger partial charge in [-0.1, -0.05) is 6.07 Å². The first-order valence-corrected chi connectivity index (χ1v) is 9.88. The number of anilines is 1. The van der Waals surface area contributed by atoms with Crippen LogP contribution in [0.25, 0.3) is 16.6 Å². The lowest BCUT2D eigenvalue weighted by Crippen LogP contribution is -2.40. The summed E-state index contributed by atoms with van der Waals surface area (Å²) in [4.78, 5) is 18.5. The lowest BCUT2D eigenvalue weighted by Gasteiger charge is -2.27. The van der Waals surface area contributed by atoms with Crippen molar-refractivity contribution in [3.63, 3.8) is 0 Å². The second kappa shape index (κ2) is 9.09. The summed E-state index contributed by atoms with van der Waals surface area (Å²) in [5.41, 5.74) is 3.91. The minimum absolute atomic E-state index is 0.0231. The molecule has 4 rings (SSSR count). The summed E-state index contributed by atoms with van der Waals surface area (Å²) >= 11 is 0. The highest BCUT2D eigenvalue weighted by molar-refractivity contribution is 5.95. The van der Waals surface area contributed by atoms with E-state index in [1.807, 2.05) is 18.2 Å². The summed E-state index contributed by atoms with van der Waals surface area (Å²) in [5.74, 6) is 6.20. The second-order valence-corrected chi connectivity index (χ2v) is 7.14. The number of ether oxygens (including phenoxy) is 1. The highest BCUT2D eigenvalue weighted by Gasteiger charge is 2.18. The van der Waals surface area contributed by atoms with Gasteiger partial charge in [0.25, 0.3) is 5.91 Å². The van der Waals surface area contributed by atoms with Gasteiger partial charge >= 0.3 is 0 Å². The summed E-state index contributed by atoms with van der Waals surface area (Å²) in [7, 11) is 0. The van der Waals surface area contributed by atoms with E-state index in [0.717, 1.165) is 16.5 Å².